The Hall–Kier alpha value is -9.75. The number of nitrogens with two attached hydrogens (primary N) is 2. The molecule has 1 amide bonds. The van der Waals surface area contributed by atoms with Crippen molar-refractivity contribution in [3.8, 4) is 34.4 Å². The number of pyridine rings is 2. The van der Waals surface area contributed by atoms with Gasteiger partial charge < -0.3 is 31.0 Å². The van der Waals surface area contributed by atoms with Crippen LogP contribution in [0.15, 0.2) is 161 Å². The summed E-state index contributed by atoms with van der Waals surface area (Å²) in [5, 5.41) is 14.0. The van der Waals surface area contributed by atoms with Crippen molar-refractivity contribution < 1.29 is 36.2 Å². The number of fused-ring (bicyclic) bond motifs is 2. The van der Waals surface area contributed by atoms with Crippen LogP contribution in [0.2, 0.25) is 0 Å². The number of anilines is 5. The van der Waals surface area contributed by atoms with Gasteiger partial charge in [-0.2, -0.15) is 20.2 Å². The summed E-state index contributed by atoms with van der Waals surface area (Å²) in [7, 11) is -0.160. The molecule has 0 aliphatic rings. The number of nitrogen functional groups attached to an aromatic ring is 2. The van der Waals surface area contributed by atoms with Crippen LogP contribution in [0.1, 0.15) is 20.8 Å². The molecule has 0 aliphatic heterocycles. The fourth-order valence-corrected chi connectivity index (χ4v) is 7.61. The number of nitrogens with one attached hydrogen (secondary N) is 2. The van der Waals surface area contributed by atoms with E-state index in [-0.39, 0.29) is 41.0 Å². The molecule has 10 aromatic rings. The number of aromatic nitrogens is 10. The molecule has 22 nitrogen and oxygen atoms in total. The molecule has 0 spiro atoms. The van der Waals surface area contributed by atoms with Gasteiger partial charge >= 0.3 is 6.09 Å². The molecule has 0 fully saturated rings. The molecule has 6 aromatic heterocycles. The van der Waals surface area contributed by atoms with Crippen molar-refractivity contribution in [2.75, 3.05) is 28.4 Å². The highest BCUT2D eigenvalue weighted by Gasteiger charge is 2.21. The number of rotatable bonds is 10. The lowest BCUT2D eigenvalue weighted by Gasteiger charge is -2.20. The molecular formula is C52H49ClF2N14O8S. The molecule has 6 N–H and O–H groups in total. The lowest BCUT2D eigenvalue weighted by molar-refractivity contribution is 0.0636. The molecule has 0 bridgehead atoms. The fraction of sp³-hybridized carbons (Fsp3) is 0.135. The van der Waals surface area contributed by atoms with Crippen LogP contribution in [-0.4, -0.2) is 75.0 Å². The first-order valence-electron chi connectivity index (χ1n) is 22.9. The predicted molar refractivity (Wildman–Crippen MR) is 292 cm³/mol. The Bertz CT molecular complexity index is 4020. The molecule has 0 saturated heterocycles. The summed E-state index contributed by atoms with van der Waals surface area (Å²) in [6.07, 6.45) is 9.87. The van der Waals surface area contributed by atoms with E-state index in [2.05, 4.69) is 40.8 Å². The van der Waals surface area contributed by atoms with Gasteiger partial charge in [0, 0.05) is 67.3 Å². The molecule has 6 heterocycles. The van der Waals surface area contributed by atoms with Gasteiger partial charge in [-0.15, -0.1) is 12.4 Å². The van der Waals surface area contributed by atoms with E-state index in [9.17, 15) is 31.6 Å². The van der Waals surface area contributed by atoms with Crippen molar-refractivity contribution in [2.24, 2.45) is 14.1 Å². The van der Waals surface area contributed by atoms with Gasteiger partial charge in [-0.05, 0) is 118 Å². The van der Waals surface area contributed by atoms with Gasteiger partial charge in [-0.25, -0.2) is 32.0 Å². The number of carbonyl (C=O) groups is 1. The van der Waals surface area contributed by atoms with Gasteiger partial charge in [0.1, 0.15) is 28.7 Å². The van der Waals surface area contributed by atoms with Crippen molar-refractivity contribution in [3.05, 3.63) is 179 Å². The number of sulfone groups is 1. The first-order chi connectivity index (χ1) is 36.5. The van der Waals surface area contributed by atoms with Gasteiger partial charge in [0.25, 0.3) is 11.1 Å². The number of benzene rings is 4. The highest BCUT2D eigenvalue weighted by Crippen LogP contribution is 2.28. The van der Waals surface area contributed by atoms with E-state index in [1.165, 1.54) is 71.4 Å². The Kier molecular flexibility index (Phi) is 16.8. The van der Waals surface area contributed by atoms with Crippen LogP contribution in [0.25, 0.3) is 33.4 Å². The molecule has 402 valence electrons. The highest BCUT2D eigenvalue weighted by atomic mass is 35.5. The van der Waals surface area contributed by atoms with E-state index in [1.807, 2.05) is 7.05 Å². The van der Waals surface area contributed by atoms with Crippen LogP contribution in [0.4, 0.5) is 42.3 Å². The summed E-state index contributed by atoms with van der Waals surface area (Å²) >= 11 is 0. The number of carbonyl (C=O) groups excluding carboxylic acids is 1. The Morgan fingerprint density at radius 1 is 0.641 bits per heavy atom. The average molecular weight is 1100 g/mol. The lowest BCUT2D eigenvalue weighted by atomic mass is 10.2. The number of amides is 1. The second-order valence-corrected chi connectivity index (χ2v) is 19.7. The Labute approximate surface area is 449 Å². The maximum atomic E-state index is 13.6. The third-order valence-corrected chi connectivity index (χ3v) is 11.2. The van der Waals surface area contributed by atoms with E-state index in [1.54, 1.807) is 117 Å². The number of ether oxygens (including phenoxy) is 3. The third-order valence-electron chi connectivity index (χ3n) is 10.4. The maximum Gasteiger partial charge on any atom is 0.412 e. The number of halogens is 3. The fourth-order valence-electron chi connectivity index (χ4n) is 7.12. The molecule has 0 radical (unpaired) electrons. The van der Waals surface area contributed by atoms with Gasteiger partial charge in [0.2, 0.25) is 20.9 Å². The molecule has 10 rings (SSSR count). The van der Waals surface area contributed by atoms with Crippen LogP contribution in [0, 0.1) is 11.6 Å². The van der Waals surface area contributed by atoms with E-state index in [0.717, 1.165) is 10.8 Å². The first-order valence-corrected chi connectivity index (χ1v) is 24.8. The standard InChI is InChI=1S/C25H23FN4O6S.C23H18FN7O2.C4H7N3.ClH/c1-25(2,3)36-24(32)28-17-6-5-7-18(13-17)30-21-15(14-27-23(29-21)37(4,33)34)12-20(22(30)31)35-19-10-8-16(26)9-11-19;1-30-13-17(12-27-30)28-23-26-11-14-9-20(33-19-7-5-15(24)6-8-19)22(32)31(21(14)29-23)18-4-2-3-16(25)10-18;1-7-3-4(5)2-6-7;/h5-14H,1-4H3,(H,28,32);2-13H,25H2,1H3,(H,26,28,29);2-3H,5H2,1H3;1H. The zero-order valence-electron chi connectivity index (χ0n) is 42.3. The molecule has 4 aromatic carbocycles. The van der Waals surface area contributed by atoms with Gasteiger partial charge in [-0.1, -0.05) is 12.1 Å². The van der Waals surface area contributed by atoms with Gasteiger partial charge in [-0.3, -0.25) is 33.4 Å². The molecule has 0 unspecified atom stereocenters. The van der Waals surface area contributed by atoms with Crippen LogP contribution >= 0.6 is 12.4 Å². The van der Waals surface area contributed by atoms with Crippen LogP contribution in [0.3, 0.4) is 0 Å². The molecule has 0 aliphatic carbocycles. The number of aryl methyl sites for hydroxylation is 2. The monoisotopic (exact) mass is 1100 g/mol. The Morgan fingerprint density at radius 3 is 1.65 bits per heavy atom. The van der Waals surface area contributed by atoms with Crippen LogP contribution in [-0.2, 0) is 28.7 Å². The summed E-state index contributed by atoms with van der Waals surface area (Å²) in [4.78, 5) is 56.2. The van der Waals surface area contributed by atoms with E-state index >= 15 is 0 Å². The SMILES string of the molecule is CC(C)(C)OC(=O)Nc1cccc(-n2c(=O)c(Oc3ccc(F)cc3)cc3cnc(S(C)(=O)=O)nc32)c1.Cl.Cn1cc(N)cn1.Cn1cc(Nc2ncc3cc(Oc4ccc(F)cc4)c(=O)n(-c4cccc(N)c4)c3n2)cn1. The smallest absolute Gasteiger partial charge is 0.412 e. The van der Waals surface area contributed by atoms with Crippen molar-refractivity contribution >= 4 is 79.1 Å². The summed E-state index contributed by atoms with van der Waals surface area (Å²) in [5.41, 5.74) is 12.7. The maximum absolute atomic E-state index is 13.6. The Morgan fingerprint density at radius 2 is 1.17 bits per heavy atom. The van der Waals surface area contributed by atoms with Crippen molar-refractivity contribution in [2.45, 2.75) is 31.5 Å². The van der Waals surface area contributed by atoms with Crippen LogP contribution < -0.4 is 42.7 Å². The summed E-state index contributed by atoms with van der Waals surface area (Å²) in [5.74, 6) is -0.159. The molecular weight excluding hydrogens is 1050 g/mol. The Balaban J connectivity index is 0.000000199. The molecule has 0 saturated carbocycles. The van der Waals surface area contributed by atoms with E-state index < -0.39 is 49.4 Å². The van der Waals surface area contributed by atoms with Crippen molar-refractivity contribution in [1.29, 1.82) is 0 Å². The quantitative estimate of drug-likeness (QED) is 0.0736. The number of hydrogen-bond donors (Lipinski definition) is 4. The molecule has 0 atom stereocenters. The molecule has 78 heavy (non-hydrogen) atoms. The number of hydrogen-bond acceptors (Lipinski definition) is 17. The third kappa shape index (κ3) is 14.1. The minimum atomic E-state index is -3.79. The predicted octanol–water partition coefficient (Wildman–Crippen LogP) is 8.66. The van der Waals surface area contributed by atoms with Crippen molar-refractivity contribution in [3.63, 3.8) is 0 Å². The highest BCUT2D eigenvalue weighted by molar-refractivity contribution is 7.90. The first kappa shape index (κ1) is 56.0. The van der Waals surface area contributed by atoms with Gasteiger partial charge in [0.05, 0.1) is 35.1 Å². The zero-order chi connectivity index (χ0) is 55.2. The lowest BCUT2D eigenvalue weighted by Crippen LogP contribution is -2.27. The normalized spacial score (nSPS) is 11.1. The molecule has 26 heteroatoms. The van der Waals surface area contributed by atoms with Crippen molar-refractivity contribution in [1.82, 2.24) is 48.6 Å². The zero-order valence-corrected chi connectivity index (χ0v) is 44.0. The second-order valence-electron chi connectivity index (χ2n) is 17.8. The summed E-state index contributed by atoms with van der Waals surface area (Å²) in [6.45, 7) is 5.17. The van der Waals surface area contributed by atoms with E-state index in [0.29, 0.717) is 56.6 Å². The minimum absolute atomic E-state index is 0. The minimum Gasteiger partial charge on any atom is -0.452 e. The average Bonchev–Trinajstić information content (AvgIpc) is 4.11. The van der Waals surface area contributed by atoms with E-state index in [4.69, 9.17) is 25.7 Å². The summed E-state index contributed by atoms with van der Waals surface area (Å²) in [6, 6.07) is 26.5. The van der Waals surface area contributed by atoms with Crippen LogP contribution in [0.5, 0.6) is 23.0 Å². The topological polar surface area (TPSA) is 286 Å². The summed E-state index contributed by atoms with van der Waals surface area (Å²) < 4.78 is 73.4. The second kappa shape index (κ2) is 23.4. The largest absolute Gasteiger partial charge is 0.452 e. The van der Waals surface area contributed by atoms with Gasteiger partial charge in [0.15, 0.2) is 22.8 Å². The number of nitrogens with zero attached hydrogens (tertiary/aromatic N) is 10.